The highest BCUT2D eigenvalue weighted by Crippen LogP contribution is 2.47. The number of amides is 2. The van der Waals surface area contributed by atoms with E-state index >= 15 is 0 Å². The Morgan fingerprint density at radius 3 is 2.52 bits per heavy atom. The van der Waals surface area contributed by atoms with Crippen molar-refractivity contribution in [3.05, 3.63) is 96.7 Å². The summed E-state index contributed by atoms with van der Waals surface area (Å²) < 4.78 is 8.37. The van der Waals surface area contributed by atoms with Crippen LogP contribution in [-0.4, -0.2) is 62.3 Å². The Labute approximate surface area is 297 Å². The molecule has 5 aromatic rings. The predicted octanol–water partition coefficient (Wildman–Crippen LogP) is 5.16. The fourth-order valence-electron chi connectivity index (χ4n) is 7.76. The summed E-state index contributed by atoms with van der Waals surface area (Å²) in [5.74, 6) is 0.852. The van der Waals surface area contributed by atoms with Crippen molar-refractivity contribution >= 4 is 51.6 Å². The van der Waals surface area contributed by atoms with Crippen LogP contribution in [0.2, 0.25) is 10.0 Å². The van der Waals surface area contributed by atoms with Crippen LogP contribution < -0.4 is 31.9 Å². The monoisotopic (exact) mass is 712 g/mol. The van der Waals surface area contributed by atoms with Gasteiger partial charge in [-0.2, -0.15) is 0 Å². The number of anilines is 2. The molecular formula is C36H34Cl2N8O4. The van der Waals surface area contributed by atoms with E-state index in [2.05, 4.69) is 31.9 Å². The summed E-state index contributed by atoms with van der Waals surface area (Å²) in [6.07, 6.45) is 4.24. The first-order valence-corrected chi connectivity index (χ1v) is 17.1. The Balaban J connectivity index is 1.13. The molecule has 3 aromatic heterocycles. The smallest absolute Gasteiger partial charge is 0.330 e. The summed E-state index contributed by atoms with van der Waals surface area (Å²) in [4.78, 5) is 49.4. The topological polar surface area (TPSA) is 135 Å². The van der Waals surface area contributed by atoms with E-state index in [0.717, 1.165) is 48.0 Å². The van der Waals surface area contributed by atoms with Gasteiger partial charge in [-0.3, -0.25) is 18.8 Å². The fraction of sp³-hybridized carbons (Fsp3) is 0.306. The van der Waals surface area contributed by atoms with Gasteiger partial charge in [-0.1, -0.05) is 53.5 Å². The molecule has 0 saturated carbocycles. The van der Waals surface area contributed by atoms with Crippen LogP contribution in [0.5, 0.6) is 5.88 Å². The number of ether oxygens (including phenoxy) is 1. The van der Waals surface area contributed by atoms with Gasteiger partial charge in [-0.15, -0.1) is 0 Å². The van der Waals surface area contributed by atoms with Crippen molar-refractivity contribution in [3.63, 3.8) is 0 Å². The van der Waals surface area contributed by atoms with Gasteiger partial charge < -0.3 is 20.7 Å². The summed E-state index contributed by atoms with van der Waals surface area (Å²) in [7, 11) is 4.69. The zero-order valence-electron chi connectivity index (χ0n) is 27.6. The molecule has 256 valence electrons. The lowest BCUT2D eigenvalue weighted by atomic mass is 9.99. The molecule has 3 aliphatic rings. The Morgan fingerprint density at radius 2 is 1.76 bits per heavy atom. The van der Waals surface area contributed by atoms with E-state index in [1.165, 1.54) is 23.4 Å². The second-order valence-corrected chi connectivity index (χ2v) is 13.9. The summed E-state index contributed by atoms with van der Waals surface area (Å²) in [6.45, 7) is 2.29. The van der Waals surface area contributed by atoms with Gasteiger partial charge in [-0.05, 0) is 43.0 Å². The molecule has 2 fully saturated rings. The first-order valence-electron chi connectivity index (χ1n) is 16.4. The Morgan fingerprint density at radius 1 is 1.00 bits per heavy atom. The zero-order chi connectivity index (χ0) is 34.9. The lowest BCUT2D eigenvalue weighted by molar-refractivity contribution is 0.219. The van der Waals surface area contributed by atoms with Crippen LogP contribution in [0.15, 0.2) is 64.3 Å². The van der Waals surface area contributed by atoms with E-state index < -0.39 is 11.2 Å². The number of aryl methyl sites for hydroxylation is 2. The van der Waals surface area contributed by atoms with Crippen LogP contribution in [0.4, 0.5) is 16.3 Å². The number of benzene rings is 2. The van der Waals surface area contributed by atoms with Crippen molar-refractivity contribution < 1.29 is 9.53 Å². The van der Waals surface area contributed by atoms with Crippen LogP contribution in [0.3, 0.4) is 0 Å². The van der Waals surface area contributed by atoms with Gasteiger partial charge in [0.1, 0.15) is 11.2 Å². The number of pyridine rings is 2. The van der Waals surface area contributed by atoms with Crippen molar-refractivity contribution in [1.29, 1.82) is 0 Å². The number of carbonyl (C=O) groups excluding carboxylic acids is 1. The standard InChI is InChI=1S/C36H34Cl2N8O4/c1-44-25-12-14-39-31(28(25)33(47)45(2)35(44)49)41-23-9-5-7-21(30(23)38)20-6-4-8-22(29(20)37)24-16-19-10-11-26(27(19)32(42-24)50-3)46-15-13-36(18-46)17-40-34(48)43-36/h4-9,12,14,16,26H,10-11,13,15,17-18H2,1-3H3,(H,39,41)(H2,40,43,48). The molecule has 2 aliphatic heterocycles. The second kappa shape index (κ2) is 12.1. The van der Waals surface area contributed by atoms with E-state index in [1.54, 1.807) is 26.3 Å². The minimum absolute atomic E-state index is 0.103. The van der Waals surface area contributed by atoms with E-state index in [9.17, 15) is 14.4 Å². The summed E-state index contributed by atoms with van der Waals surface area (Å²) in [5.41, 5.74) is 4.92. The number of urea groups is 1. The maximum Gasteiger partial charge on any atom is 0.330 e. The lowest BCUT2D eigenvalue weighted by Gasteiger charge is -2.28. The predicted molar refractivity (Wildman–Crippen MR) is 194 cm³/mol. The number of halogens is 2. The minimum Gasteiger partial charge on any atom is -0.481 e. The maximum absolute atomic E-state index is 13.2. The molecule has 1 spiro atoms. The molecule has 8 rings (SSSR count). The van der Waals surface area contributed by atoms with Gasteiger partial charge in [0.25, 0.3) is 5.56 Å². The van der Waals surface area contributed by atoms with E-state index in [4.69, 9.17) is 32.9 Å². The van der Waals surface area contributed by atoms with Gasteiger partial charge in [0.05, 0.1) is 39.6 Å². The van der Waals surface area contributed by atoms with Crippen molar-refractivity contribution in [2.75, 3.05) is 32.1 Å². The maximum atomic E-state index is 13.2. The minimum atomic E-state index is -0.464. The molecule has 2 saturated heterocycles. The Hall–Kier alpha value is -4.91. The molecule has 0 bridgehead atoms. The van der Waals surface area contributed by atoms with E-state index in [0.29, 0.717) is 50.5 Å². The molecule has 2 amide bonds. The molecule has 3 N–H and O–H groups in total. The number of carbonyl (C=O) groups is 1. The average molecular weight is 714 g/mol. The quantitative estimate of drug-likeness (QED) is 0.220. The van der Waals surface area contributed by atoms with Crippen molar-refractivity contribution in [1.82, 2.24) is 34.6 Å². The number of rotatable bonds is 6. The van der Waals surface area contributed by atoms with Gasteiger partial charge in [-0.25, -0.2) is 19.6 Å². The number of nitrogens with one attached hydrogen (secondary N) is 3. The van der Waals surface area contributed by atoms with Crippen LogP contribution >= 0.6 is 23.2 Å². The van der Waals surface area contributed by atoms with Gasteiger partial charge in [0, 0.05) is 68.2 Å². The molecule has 2 unspecified atom stereocenters. The number of hydrogen-bond donors (Lipinski definition) is 3. The largest absolute Gasteiger partial charge is 0.481 e. The molecule has 1 aliphatic carbocycles. The van der Waals surface area contributed by atoms with E-state index in [-0.39, 0.29) is 28.8 Å². The van der Waals surface area contributed by atoms with Gasteiger partial charge >= 0.3 is 11.7 Å². The normalized spacial score (nSPS) is 19.9. The number of likely N-dealkylation sites (tertiary alicyclic amines) is 1. The molecule has 2 aromatic carbocycles. The third-order valence-corrected chi connectivity index (χ3v) is 11.1. The van der Waals surface area contributed by atoms with Gasteiger partial charge in [0.15, 0.2) is 0 Å². The Bertz CT molecular complexity index is 2360. The molecule has 50 heavy (non-hydrogen) atoms. The summed E-state index contributed by atoms with van der Waals surface area (Å²) >= 11 is 14.2. The first kappa shape index (κ1) is 32.3. The van der Waals surface area contributed by atoms with Gasteiger partial charge in [0.2, 0.25) is 5.88 Å². The second-order valence-electron chi connectivity index (χ2n) is 13.2. The SMILES string of the molecule is COc1nc(-c2cccc(-c3cccc(Nc4nccc5c4c(=O)n(C)c(=O)n5C)c3Cl)c2Cl)cc2c1C(N1CCC3(CNC(=O)N3)C1)CC2. The number of nitrogens with zero attached hydrogens (tertiary/aromatic N) is 5. The summed E-state index contributed by atoms with van der Waals surface area (Å²) in [5, 5.41) is 10.4. The first-order chi connectivity index (χ1) is 24.1. The number of aromatic nitrogens is 4. The zero-order valence-corrected chi connectivity index (χ0v) is 29.2. The highest BCUT2D eigenvalue weighted by Gasteiger charge is 2.46. The number of methoxy groups -OCH3 is 1. The lowest BCUT2D eigenvalue weighted by Crippen LogP contribution is -2.46. The van der Waals surface area contributed by atoms with Crippen molar-refractivity contribution in [3.8, 4) is 28.3 Å². The molecule has 5 heterocycles. The third kappa shape index (κ3) is 5.12. The van der Waals surface area contributed by atoms with Crippen molar-refractivity contribution in [2.45, 2.75) is 30.8 Å². The fourth-order valence-corrected chi connectivity index (χ4v) is 8.36. The summed E-state index contributed by atoms with van der Waals surface area (Å²) in [6, 6.07) is 15.0. The number of hydrogen-bond acceptors (Lipinski definition) is 8. The highest BCUT2D eigenvalue weighted by atomic mass is 35.5. The molecule has 12 nitrogen and oxygen atoms in total. The third-order valence-electron chi connectivity index (χ3n) is 10.3. The number of fused-ring (bicyclic) bond motifs is 2. The van der Waals surface area contributed by atoms with E-state index in [1.807, 2.05) is 30.3 Å². The molecule has 0 radical (unpaired) electrons. The highest BCUT2D eigenvalue weighted by molar-refractivity contribution is 6.39. The average Bonchev–Trinajstić information content (AvgIpc) is 3.84. The van der Waals surface area contributed by atoms with Crippen LogP contribution in [0.25, 0.3) is 33.3 Å². The molecule has 2 atom stereocenters. The molecular weight excluding hydrogens is 679 g/mol. The van der Waals surface area contributed by atoms with Crippen LogP contribution in [-0.2, 0) is 20.5 Å². The van der Waals surface area contributed by atoms with Crippen molar-refractivity contribution in [2.24, 2.45) is 14.1 Å². The van der Waals surface area contributed by atoms with Crippen LogP contribution in [0, 0.1) is 0 Å². The molecule has 14 heteroatoms. The Kier molecular flexibility index (Phi) is 7.85. The van der Waals surface area contributed by atoms with Crippen LogP contribution in [0.1, 0.15) is 30.0 Å².